The lowest BCUT2D eigenvalue weighted by Gasteiger charge is -2.36. The van der Waals surface area contributed by atoms with Gasteiger partial charge in [-0.2, -0.15) is 0 Å². The van der Waals surface area contributed by atoms with Crippen LogP contribution in [-0.2, 0) is 28.7 Å². The lowest BCUT2D eigenvalue weighted by molar-refractivity contribution is -0.162. The van der Waals surface area contributed by atoms with Gasteiger partial charge in [-0.25, -0.2) is 0 Å². The van der Waals surface area contributed by atoms with Crippen molar-refractivity contribution in [3.05, 3.63) is 85.5 Å². The van der Waals surface area contributed by atoms with E-state index < -0.39 is 59.5 Å². The number of benzene rings is 2. The number of carbonyl (C=O) groups excluding carboxylic acids is 4. The van der Waals surface area contributed by atoms with Crippen molar-refractivity contribution < 1.29 is 38.5 Å². The summed E-state index contributed by atoms with van der Waals surface area (Å²) >= 11 is 0. The fourth-order valence-electron chi connectivity index (χ4n) is 7.35. The number of esters is 1. The number of carbonyl (C=O) groups is 4. The van der Waals surface area contributed by atoms with Gasteiger partial charge in [-0.1, -0.05) is 42.5 Å². The van der Waals surface area contributed by atoms with Crippen LogP contribution < -0.4 is 15.0 Å². The number of rotatable bonds is 15. The Morgan fingerprint density at radius 1 is 1.15 bits per heavy atom. The van der Waals surface area contributed by atoms with Crippen LogP contribution in [0, 0.1) is 11.8 Å². The number of aliphatic hydroxyl groups is 1. The Kier molecular flexibility index (Phi) is 10.5. The van der Waals surface area contributed by atoms with Gasteiger partial charge in [0.05, 0.1) is 37.7 Å². The van der Waals surface area contributed by atoms with Gasteiger partial charge in [-0.05, 0) is 56.0 Å². The summed E-state index contributed by atoms with van der Waals surface area (Å²) in [6.45, 7) is 8.93. The molecule has 2 aromatic rings. The average molecular weight is 646 g/mol. The quantitative estimate of drug-likeness (QED) is 0.223. The molecule has 3 aliphatic rings. The van der Waals surface area contributed by atoms with Crippen molar-refractivity contribution >= 4 is 29.4 Å². The summed E-state index contributed by atoms with van der Waals surface area (Å²) in [6, 6.07) is 14.4. The molecule has 0 radical (unpaired) electrons. The molecule has 0 aliphatic carbocycles. The third-order valence-electron chi connectivity index (χ3n) is 9.40. The third-order valence-corrected chi connectivity index (χ3v) is 9.40. The molecule has 3 amide bonds. The Labute approximate surface area is 275 Å². The molecule has 3 saturated heterocycles. The first-order valence-electron chi connectivity index (χ1n) is 16.0. The zero-order valence-electron chi connectivity index (χ0n) is 26.9. The highest BCUT2D eigenvalue weighted by Gasteiger charge is 2.75. The van der Waals surface area contributed by atoms with Crippen molar-refractivity contribution in [3.63, 3.8) is 0 Å². The summed E-state index contributed by atoms with van der Waals surface area (Å²) in [5, 5.41) is 12.9. The number of amides is 3. The number of anilines is 1. The molecule has 11 nitrogen and oxygen atoms in total. The minimum Gasteiger partial charge on any atom is -0.497 e. The van der Waals surface area contributed by atoms with Gasteiger partial charge in [0, 0.05) is 25.2 Å². The highest BCUT2D eigenvalue weighted by Crippen LogP contribution is 2.59. The summed E-state index contributed by atoms with van der Waals surface area (Å²) in [5.41, 5.74) is -0.0233. The summed E-state index contributed by atoms with van der Waals surface area (Å²) in [7, 11) is 1.55. The third kappa shape index (κ3) is 6.42. The largest absolute Gasteiger partial charge is 0.497 e. The highest BCUT2D eigenvalue weighted by molar-refractivity contribution is 6.04. The number of methoxy groups -OCH3 is 1. The topological polar surface area (TPSA) is 135 Å². The van der Waals surface area contributed by atoms with E-state index in [1.54, 1.807) is 50.5 Å². The van der Waals surface area contributed by atoms with E-state index in [4.69, 9.17) is 14.2 Å². The normalized spacial score (nSPS) is 25.4. The molecule has 47 heavy (non-hydrogen) atoms. The molecule has 11 heteroatoms. The number of aliphatic hydroxyl groups excluding tert-OH is 1. The van der Waals surface area contributed by atoms with Crippen molar-refractivity contribution in [2.75, 3.05) is 31.7 Å². The number of nitrogens with one attached hydrogen (secondary N) is 1. The molecule has 7 atom stereocenters. The fourth-order valence-corrected chi connectivity index (χ4v) is 7.35. The number of β-amino-alcohol motifs (C(OH)–C–C–N with tert-alkyl or cyclic N) is 1. The summed E-state index contributed by atoms with van der Waals surface area (Å²) in [4.78, 5) is 58.3. The summed E-state index contributed by atoms with van der Waals surface area (Å²) < 4.78 is 18.0. The molecule has 0 unspecified atom stereocenters. The first kappa shape index (κ1) is 33.9. The smallest absolute Gasteiger partial charge is 0.313 e. The monoisotopic (exact) mass is 645 g/mol. The summed E-state index contributed by atoms with van der Waals surface area (Å²) in [5.74, 6) is -3.00. The number of nitrogens with zero attached hydrogens (tertiary/aromatic N) is 2. The van der Waals surface area contributed by atoms with Crippen LogP contribution in [-0.4, -0.2) is 84.3 Å². The Morgan fingerprint density at radius 2 is 1.87 bits per heavy atom. The molecule has 0 saturated carbocycles. The van der Waals surface area contributed by atoms with Crippen molar-refractivity contribution in [2.45, 2.75) is 62.5 Å². The summed E-state index contributed by atoms with van der Waals surface area (Å²) in [6.07, 6.45) is 3.38. The van der Waals surface area contributed by atoms with E-state index >= 15 is 0 Å². The van der Waals surface area contributed by atoms with E-state index in [1.165, 1.54) is 9.80 Å². The van der Waals surface area contributed by atoms with Crippen LogP contribution in [0.5, 0.6) is 5.75 Å². The zero-order valence-corrected chi connectivity index (χ0v) is 26.9. The van der Waals surface area contributed by atoms with E-state index in [0.717, 1.165) is 0 Å². The lowest BCUT2D eigenvalue weighted by atomic mass is 9.70. The SMILES string of the molecule is C=CCCC(=O)N[C@@H](C)[C@H](OC(=O)[C@@H]1[C@@H]2CC[C@]3(O2)[C@H](C(=O)N(CC=C)c2ccc(OC)cc2)N(CCO)C(=O)[C@@H]13)c1ccccc1. The molecule has 0 aromatic heterocycles. The van der Waals surface area contributed by atoms with E-state index in [9.17, 15) is 24.3 Å². The van der Waals surface area contributed by atoms with Crippen LogP contribution in [0.1, 0.15) is 44.3 Å². The van der Waals surface area contributed by atoms with Crippen LogP contribution >= 0.6 is 0 Å². The average Bonchev–Trinajstić information content (AvgIpc) is 3.72. The molecule has 250 valence electrons. The van der Waals surface area contributed by atoms with Gasteiger partial charge in [0.15, 0.2) is 0 Å². The van der Waals surface area contributed by atoms with Gasteiger partial charge in [-0.15, -0.1) is 13.2 Å². The molecular weight excluding hydrogens is 602 g/mol. The van der Waals surface area contributed by atoms with Crippen molar-refractivity contribution in [1.29, 1.82) is 0 Å². The molecule has 3 heterocycles. The maximum atomic E-state index is 14.5. The minimum absolute atomic E-state index is 0.103. The second kappa shape index (κ2) is 14.5. The van der Waals surface area contributed by atoms with Crippen LogP contribution in [0.15, 0.2) is 79.9 Å². The van der Waals surface area contributed by atoms with Gasteiger partial charge in [0.25, 0.3) is 5.91 Å². The minimum atomic E-state index is -1.28. The lowest BCUT2D eigenvalue weighted by Crippen LogP contribution is -2.56. The number of allylic oxidation sites excluding steroid dienone is 1. The predicted octanol–water partition coefficient (Wildman–Crippen LogP) is 3.34. The van der Waals surface area contributed by atoms with Crippen molar-refractivity contribution in [3.8, 4) is 5.75 Å². The number of ether oxygens (including phenoxy) is 3. The van der Waals surface area contributed by atoms with Crippen molar-refractivity contribution in [2.24, 2.45) is 11.8 Å². The Bertz CT molecular complexity index is 1480. The maximum Gasteiger partial charge on any atom is 0.313 e. The molecule has 2 aromatic carbocycles. The Hall–Kier alpha value is -4.48. The Balaban J connectivity index is 1.45. The van der Waals surface area contributed by atoms with Gasteiger partial charge < -0.3 is 34.4 Å². The van der Waals surface area contributed by atoms with Crippen molar-refractivity contribution in [1.82, 2.24) is 10.2 Å². The van der Waals surface area contributed by atoms with Crippen LogP contribution in [0.4, 0.5) is 5.69 Å². The standard InChI is InChI=1S/C36H43N3O8/c1-5-7-13-28(41)37-23(3)31(24-11-9-8-10-12-24)46-35(44)29-27-18-19-36(47-27)30(29)33(42)39(21-22-40)32(36)34(43)38(20-6-2)25-14-16-26(45-4)17-15-25/h5-6,8-12,14-17,23,27,29-32,40H,1-2,7,13,18-22H2,3-4H3,(H,37,41)/t23-,27-,29+,30+,31-,32-,36+/m0/s1. The molecule has 2 bridgehead atoms. The predicted molar refractivity (Wildman–Crippen MR) is 174 cm³/mol. The van der Waals surface area contributed by atoms with Gasteiger partial charge >= 0.3 is 5.97 Å². The first-order chi connectivity index (χ1) is 22.7. The van der Waals surface area contributed by atoms with E-state index in [-0.39, 0.29) is 32.0 Å². The zero-order chi connectivity index (χ0) is 33.7. The van der Waals surface area contributed by atoms with Crippen LogP contribution in [0.25, 0.3) is 0 Å². The number of likely N-dealkylation sites (tertiary alicyclic amines) is 1. The number of hydrogen-bond donors (Lipinski definition) is 2. The Morgan fingerprint density at radius 3 is 2.51 bits per heavy atom. The highest BCUT2D eigenvalue weighted by atomic mass is 16.6. The second-order valence-electron chi connectivity index (χ2n) is 12.2. The number of fused-ring (bicyclic) bond motifs is 1. The van der Waals surface area contributed by atoms with Gasteiger partial charge in [-0.3, -0.25) is 19.2 Å². The molecule has 5 rings (SSSR count). The number of hydrogen-bond acceptors (Lipinski definition) is 8. The fraction of sp³-hybridized carbons (Fsp3) is 0.444. The van der Waals surface area contributed by atoms with Gasteiger partial charge in [0.2, 0.25) is 11.8 Å². The van der Waals surface area contributed by atoms with Crippen LogP contribution in [0.3, 0.4) is 0 Å². The van der Waals surface area contributed by atoms with Crippen LogP contribution in [0.2, 0.25) is 0 Å². The maximum absolute atomic E-state index is 14.5. The van der Waals surface area contributed by atoms with E-state index in [1.807, 2.05) is 30.3 Å². The first-order valence-corrected chi connectivity index (χ1v) is 16.0. The molecule has 3 fully saturated rings. The molecule has 1 spiro atoms. The molecular formula is C36H43N3O8. The van der Waals surface area contributed by atoms with E-state index in [2.05, 4.69) is 18.5 Å². The second-order valence-corrected chi connectivity index (χ2v) is 12.2. The molecule has 3 aliphatic heterocycles. The molecule has 2 N–H and O–H groups in total. The van der Waals surface area contributed by atoms with Gasteiger partial charge in [0.1, 0.15) is 23.5 Å². The van der Waals surface area contributed by atoms with E-state index in [0.29, 0.717) is 36.3 Å².